The largest absolute Gasteiger partial charge is 0.485 e. The molecule has 1 aromatic carbocycles. The van der Waals surface area contributed by atoms with E-state index < -0.39 is 5.60 Å². The molecule has 0 amide bonds. The monoisotopic (exact) mass is 240 g/mol. The predicted octanol–water partition coefficient (Wildman–Crippen LogP) is 3.70. The van der Waals surface area contributed by atoms with E-state index in [1.54, 1.807) is 19.3 Å². The van der Waals surface area contributed by atoms with Crippen LogP contribution in [0.3, 0.4) is 0 Å². The van der Waals surface area contributed by atoms with Crippen LogP contribution in [0, 0.1) is 0 Å². The van der Waals surface area contributed by atoms with Crippen LogP contribution in [0.1, 0.15) is 13.8 Å². The number of halogens is 1. The maximum atomic E-state index is 5.89. The van der Waals surface area contributed by atoms with Crippen LogP contribution in [0.25, 0.3) is 0 Å². The molecule has 1 rings (SSSR count). The molecular formula is C13H17ClO2. The molecule has 0 bridgehead atoms. The zero-order valence-electron chi connectivity index (χ0n) is 9.87. The van der Waals surface area contributed by atoms with E-state index in [1.807, 2.05) is 32.0 Å². The Kier molecular flexibility index (Phi) is 4.39. The predicted molar refractivity (Wildman–Crippen MR) is 67.2 cm³/mol. The van der Waals surface area contributed by atoms with Crippen molar-refractivity contribution in [3.05, 3.63) is 41.9 Å². The summed E-state index contributed by atoms with van der Waals surface area (Å²) >= 11 is 5.89. The fourth-order valence-corrected chi connectivity index (χ4v) is 1.74. The van der Waals surface area contributed by atoms with E-state index in [9.17, 15) is 0 Å². The highest BCUT2D eigenvalue weighted by Crippen LogP contribution is 2.25. The highest BCUT2D eigenvalue weighted by Gasteiger charge is 2.29. The van der Waals surface area contributed by atoms with Gasteiger partial charge in [-0.2, -0.15) is 0 Å². The zero-order valence-corrected chi connectivity index (χ0v) is 10.6. The Hall–Kier alpha value is -0.990. The molecule has 1 aromatic rings. The van der Waals surface area contributed by atoms with Crippen LogP contribution in [0.15, 0.2) is 36.9 Å². The Morgan fingerprint density at radius 3 is 2.62 bits per heavy atom. The van der Waals surface area contributed by atoms with Crippen molar-refractivity contribution in [1.82, 2.24) is 0 Å². The van der Waals surface area contributed by atoms with E-state index in [4.69, 9.17) is 21.1 Å². The average molecular weight is 241 g/mol. The van der Waals surface area contributed by atoms with Crippen LogP contribution in [0.4, 0.5) is 0 Å². The first-order valence-corrected chi connectivity index (χ1v) is 5.47. The van der Waals surface area contributed by atoms with Gasteiger partial charge in [-0.1, -0.05) is 23.7 Å². The molecule has 16 heavy (non-hydrogen) atoms. The number of rotatable bonds is 5. The normalized spacial score (nSPS) is 13.2. The first-order valence-electron chi connectivity index (χ1n) is 5.09. The summed E-state index contributed by atoms with van der Waals surface area (Å²) < 4.78 is 11.1. The SMILES string of the molecule is C=CC(OC)C(C)(C)Oc1cccc(Cl)c1. The van der Waals surface area contributed by atoms with E-state index in [0.717, 1.165) is 5.75 Å². The second kappa shape index (κ2) is 5.37. The van der Waals surface area contributed by atoms with E-state index in [1.165, 1.54) is 0 Å². The summed E-state index contributed by atoms with van der Waals surface area (Å²) in [5.74, 6) is 0.724. The minimum atomic E-state index is -0.485. The molecule has 0 aliphatic carbocycles. The van der Waals surface area contributed by atoms with E-state index in [-0.39, 0.29) is 6.10 Å². The van der Waals surface area contributed by atoms with Gasteiger partial charge in [-0.25, -0.2) is 0 Å². The Balaban J connectivity index is 2.83. The van der Waals surface area contributed by atoms with Crippen LogP contribution in [-0.4, -0.2) is 18.8 Å². The standard InChI is InChI=1S/C13H17ClO2/c1-5-12(15-4)13(2,3)16-11-8-6-7-10(14)9-11/h5-9,12H,1H2,2-4H3. The molecule has 0 aromatic heterocycles. The Bertz CT molecular complexity index is 361. The maximum absolute atomic E-state index is 5.89. The summed E-state index contributed by atoms with van der Waals surface area (Å²) in [4.78, 5) is 0. The fraction of sp³-hybridized carbons (Fsp3) is 0.385. The van der Waals surface area contributed by atoms with Crippen LogP contribution < -0.4 is 4.74 Å². The lowest BCUT2D eigenvalue weighted by Gasteiger charge is -2.32. The van der Waals surface area contributed by atoms with E-state index in [0.29, 0.717) is 5.02 Å². The van der Waals surface area contributed by atoms with Crippen molar-refractivity contribution >= 4 is 11.6 Å². The quantitative estimate of drug-likeness (QED) is 0.731. The van der Waals surface area contributed by atoms with Gasteiger partial charge >= 0.3 is 0 Å². The van der Waals surface area contributed by atoms with Crippen molar-refractivity contribution in [2.24, 2.45) is 0 Å². The molecule has 0 N–H and O–H groups in total. The van der Waals surface area contributed by atoms with Crippen molar-refractivity contribution in [2.45, 2.75) is 25.6 Å². The molecule has 0 aliphatic heterocycles. The third-order valence-electron chi connectivity index (χ3n) is 2.33. The lowest BCUT2D eigenvalue weighted by Crippen LogP contribution is -2.41. The maximum Gasteiger partial charge on any atom is 0.133 e. The van der Waals surface area contributed by atoms with Gasteiger partial charge in [-0.05, 0) is 32.0 Å². The molecule has 0 spiro atoms. The topological polar surface area (TPSA) is 18.5 Å². The molecule has 3 heteroatoms. The summed E-state index contributed by atoms with van der Waals surface area (Å²) in [6.45, 7) is 7.62. The van der Waals surface area contributed by atoms with Gasteiger partial charge in [0.15, 0.2) is 0 Å². The smallest absolute Gasteiger partial charge is 0.133 e. The third-order valence-corrected chi connectivity index (χ3v) is 2.57. The van der Waals surface area contributed by atoms with Crippen LogP contribution >= 0.6 is 11.6 Å². The number of benzene rings is 1. The van der Waals surface area contributed by atoms with E-state index >= 15 is 0 Å². The summed E-state index contributed by atoms with van der Waals surface area (Å²) in [6.07, 6.45) is 1.55. The van der Waals surface area contributed by atoms with Gasteiger partial charge < -0.3 is 9.47 Å². The second-order valence-corrected chi connectivity index (χ2v) is 4.49. The molecule has 1 atom stereocenters. The molecular weight excluding hydrogens is 224 g/mol. The van der Waals surface area contributed by atoms with Crippen LogP contribution in [-0.2, 0) is 4.74 Å². The molecule has 0 saturated heterocycles. The summed E-state index contributed by atoms with van der Waals surface area (Å²) in [5.41, 5.74) is -0.485. The highest BCUT2D eigenvalue weighted by atomic mass is 35.5. The van der Waals surface area contributed by atoms with Gasteiger partial charge in [-0.15, -0.1) is 6.58 Å². The van der Waals surface area contributed by atoms with Gasteiger partial charge in [0.1, 0.15) is 17.5 Å². The molecule has 0 fully saturated rings. The van der Waals surface area contributed by atoms with Crippen molar-refractivity contribution in [2.75, 3.05) is 7.11 Å². The van der Waals surface area contributed by atoms with Crippen molar-refractivity contribution in [1.29, 1.82) is 0 Å². The van der Waals surface area contributed by atoms with Gasteiger partial charge in [-0.3, -0.25) is 0 Å². The molecule has 0 radical (unpaired) electrons. The van der Waals surface area contributed by atoms with Crippen molar-refractivity contribution < 1.29 is 9.47 Å². The van der Waals surface area contributed by atoms with Gasteiger partial charge in [0.2, 0.25) is 0 Å². The minimum absolute atomic E-state index is 0.175. The lowest BCUT2D eigenvalue weighted by atomic mass is 10.0. The number of hydrogen-bond donors (Lipinski definition) is 0. The molecule has 1 unspecified atom stereocenters. The Morgan fingerprint density at radius 1 is 1.44 bits per heavy atom. The minimum Gasteiger partial charge on any atom is -0.485 e. The van der Waals surface area contributed by atoms with Crippen molar-refractivity contribution in [3.8, 4) is 5.75 Å². The van der Waals surface area contributed by atoms with Crippen LogP contribution in [0.2, 0.25) is 5.02 Å². The first-order chi connectivity index (χ1) is 7.49. The second-order valence-electron chi connectivity index (χ2n) is 4.05. The lowest BCUT2D eigenvalue weighted by molar-refractivity contribution is -0.0262. The highest BCUT2D eigenvalue weighted by molar-refractivity contribution is 6.30. The average Bonchev–Trinajstić information content (AvgIpc) is 2.18. The molecule has 0 saturated carbocycles. The Labute approximate surface area is 102 Å². The van der Waals surface area contributed by atoms with Gasteiger partial charge in [0.25, 0.3) is 0 Å². The number of ether oxygens (including phenoxy) is 2. The third kappa shape index (κ3) is 3.26. The zero-order chi connectivity index (χ0) is 12.2. The summed E-state index contributed by atoms with van der Waals surface area (Å²) in [7, 11) is 1.63. The Morgan fingerprint density at radius 2 is 2.12 bits per heavy atom. The molecule has 2 nitrogen and oxygen atoms in total. The number of methoxy groups -OCH3 is 1. The van der Waals surface area contributed by atoms with E-state index in [2.05, 4.69) is 6.58 Å². The molecule has 0 heterocycles. The fourth-order valence-electron chi connectivity index (χ4n) is 1.56. The molecule has 0 aliphatic rings. The summed E-state index contributed by atoms with van der Waals surface area (Å²) in [5, 5.41) is 0.654. The van der Waals surface area contributed by atoms with Crippen LogP contribution in [0.5, 0.6) is 5.75 Å². The van der Waals surface area contributed by atoms with Gasteiger partial charge in [0, 0.05) is 12.1 Å². The van der Waals surface area contributed by atoms with Crippen molar-refractivity contribution in [3.63, 3.8) is 0 Å². The molecule has 88 valence electrons. The van der Waals surface area contributed by atoms with Gasteiger partial charge in [0.05, 0.1) is 0 Å². The summed E-state index contributed by atoms with van der Waals surface area (Å²) in [6, 6.07) is 7.30. The first kappa shape index (κ1) is 13.1. The number of hydrogen-bond acceptors (Lipinski definition) is 2.